The minimum absolute atomic E-state index is 0.827. The molecule has 0 unspecified atom stereocenters. The van der Waals surface area contributed by atoms with Crippen LogP contribution in [0, 0.1) is 6.92 Å². The SMILES string of the molecule is CCNc1nc(CC)nc(NCCc2ccc(Cl)s2)c1C. The number of hydrogen-bond donors (Lipinski definition) is 2. The van der Waals surface area contributed by atoms with Gasteiger partial charge in [-0.1, -0.05) is 18.5 Å². The monoisotopic (exact) mass is 324 g/mol. The lowest BCUT2D eigenvalue weighted by molar-refractivity contribution is 0.915. The fourth-order valence-corrected chi connectivity index (χ4v) is 3.11. The molecule has 0 saturated heterocycles. The second kappa shape index (κ2) is 7.61. The largest absolute Gasteiger partial charge is 0.370 e. The lowest BCUT2D eigenvalue weighted by Crippen LogP contribution is -2.12. The van der Waals surface area contributed by atoms with Gasteiger partial charge in [-0.25, -0.2) is 9.97 Å². The molecule has 0 atom stereocenters. The fraction of sp³-hybridized carbons (Fsp3) is 0.467. The van der Waals surface area contributed by atoms with Crippen molar-refractivity contribution in [3.63, 3.8) is 0 Å². The van der Waals surface area contributed by atoms with Gasteiger partial charge < -0.3 is 10.6 Å². The Morgan fingerprint density at radius 2 is 1.86 bits per heavy atom. The predicted octanol–water partition coefficient (Wildman–Crippen LogP) is 4.15. The highest BCUT2D eigenvalue weighted by Gasteiger charge is 2.09. The van der Waals surface area contributed by atoms with Crippen LogP contribution in [0.3, 0.4) is 0 Å². The molecule has 0 aromatic carbocycles. The van der Waals surface area contributed by atoms with Crippen molar-refractivity contribution in [2.24, 2.45) is 0 Å². The minimum Gasteiger partial charge on any atom is -0.370 e. The maximum absolute atomic E-state index is 5.95. The van der Waals surface area contributed by atoms with Gasteiger partial charge in [0.25, 0.3) is 0 Å². The van der Waals surface area contributed by atoms with Crippen LogP contribution in [0.15, 0.2) is 12.1 Å². The quantitative estimate of drug-likeness (QED) is 0.803. The van der Waals surface area contributed by atoms with Crippen molar-refractivity contribution in [3.8, 4) is 0 Å². The van der Waals surface area contributed by atoms with Gasteiger partial charge in [0.15, 0.2) is 0 Å². The molecule has 0 aliphatic rings. The second-order valence-electron chi connectivity index (χ2n) is 4.73. The summed E-state index contributed by atoms with van der Waals surface area (Å²) in [5.41, 5.74) is 1.07. The van der Waals surface area contributed by atoms with Gasteiger partial charge in [0, 0.05) is 30.0 Å². The molecule has 0 bridgehead atoms. The Hall–Kier alpha value is -1.33. The van der Waals surface area contributed by atoms with E-state index in [2.05, 4.69) is 40.5 Å². The van der Waals surface area contributed by atoms with E-state index in [9.17, 15) is 0 Å². The molecule has 2 aromatic rings. The standard InChI is InChI=1S/C15H21ClN4S/c1-4-13-19-14(17-5-2)10(3)15(20-13)18-9-8-11-6-7-12(16)21-11/h6-7H,4-5,8-9H2,1-3H3,(H2,17,18,19,20). The summed E-state index contributed by atoms with van der Waals surface area (Å²) in [6.07, 6.45) is 1.77. The molecule has 0 radical (unpaired) electrons. The normalized spacial score (nSPS) is 10.7. The molecule has 0 fully saturated rings. The van der Waals surface area contributed by atoms with Crippen LogP contribution in [0.4, 0.5) is 11.6 Å². The Bertz CT molecular complexity index is 597. The smallest absolute Gasteiger partial charge is 0.134 e. The van der Waals surface area contributed by atoms with Crippen molar-refractivity contribution in [1.29, 1.82) is 0 Å². The van der Waals surface area contributed by atoms with Crippen LogP contribution >= 0.6 is 22.9 Å². The third-order valence-electron chi connectivity index (χ3n) is 3.15. The van der Waals surface area contributed by atoms with E-state index >= 15 is 0 Å². The van der Waals surface area contributed by atoms with Crippen molar-refractivity contribution >= 4 is 34.6 Å². The molecular weight excluding hydrogens is 304 g/mol. The van der Waals surface area contributed by atoms with Gasteiger partial charge in [-0.15, -0.1) is 11.3 Å². The third-order valence-corrected chi connectivity index (χ3v) is 4.44. The summed E-state index contributed by atoms with van der Waals surface area (Å²) >= 11 is 7.57. The first-order valence-corrected chi connectivity index (χ1v) is 8.43. The second-order valence-corrected chi connectivity index (χ2v) is 6.53. The average molecular weight is 325 g/mol. The number of anilines is 2. The van der Waals surface area contributed by atoms with Crippen molar-refractivity contribution in [3.05, 3.63) is 32.7 Å². The average Bonchev–Trinajstić information content (AvgIpc) is 2.88. The van der Waals surface area contributed by atoms with Gasteiger partial charge in [-0.05, 0) is 32.4 Å². The van der Waals surface area contributed by atoms with Gasteiger partial charge in [0.05, 0.1) is 4.34 Å². The van der Waals surface area contributed by atoms with Crippen LogP contribution in [-0.4, -0.2) is 23.1 Å². The molecule has 0 saturated carbocycles. The zero-order valence-corrected chi connectivity index (χ0v) is 14.2. The number of aryl methyl sites for hydroxylation is 1. The van der Waals surface area contributed by atoms with Crippen LogP contribution in [-0.2, 0) is 12.8 Å². The zero-order valence-electron chi connectivity index (χ0n) is 12.7. The van der Waals surface area contributed by atoms with Gasteiger partial charge in [0.2, 0.25) is 0 Å². The van der Waals surface area contributed by atoms with E-state index in [1.807, 2.05) is 13.0 Å². The molecule has 4 nitrogen and oxygen atoms in total. The molecule has 0 aliphatic heterocycles. The van der Waals surface area contributed by atoms with Crippen LogP contribution in [0.25, 0.3) is 0 Å². The minimum atomic E-state index is 0.827. The van der Waals surface area contributed by atoms with Crippen molar-refractivity contribution in [2.45, 2.75) is 33.6 Å². The Kier molecular flexibility index (Phi) is 5.82. The summed E-state index contributed by atoms with van der Waals surface area (Å²) in [5.74, 6) is 2.70. The third kappa shape index (κ3) is 4.32. The van der Waals surface area contributed by atoms with E-state index in [4.69, 9.17) is 11.6 Å². The number of thiophene rings is 1. The van der Waals surface area contributed by atoms with E-state index < -0.39 is 0 Å². The van der Waals surface area contributed by atoms with Crippen LogP contribution in [0.2, 0.25) is 4.34 Å². The molecule has 0 amide bonds. The number of nitrogens with one attached hydrogen (secondary N) is 2. The van der Waals surface area contributed by atoms with Gasteiger partial charge in [-0.2, -0.15) is 0 Å². The number of rotatable bonds is 7. The molecule has 6 heteroatoms. The zero-order chi connectivity index (χ0) is 15.2. The molecular formula is C15H21ClN4S. The van der Waals surface area contributed by atoms with E-state index in [1.54, 1.807) is 11.3 Å². The van der Waals surface area contributed by atoms with E-state index in [1.165, 1.54) is 4.88 Å². The molecule has 114 valence electrons. The van der Waals surface area contributed by atoms with Gasteiger partial charge >= 0.3 is 0 Å². The summed E-state index contributed by atoms with van der Waals surface area (Å²) in [5, 5.41) is 6.71. The number of nitrogens with zero attached hydrogens (tertiary/aromatic N) is 2. The van der Waals surface area contributed by atoms with E-state index in [0.717, 1.165) is 53.3 Å². The maximum atomic E-state index is 5.95. The highest BCUT2D eigenvalue weighted by atomic mass is 35.5. The Labute approximate surface area is 135 Å². The van der Waals surface area contributed by atoms with E-state index in [-0.39, 0.29) is 0 Å². The maximum Gasteiger partial charge on any atom is 0.134 e. The summed E-state index contributed by atoms with van der Waals surface area (Å²) in [4.78, 5) is 10.4. The topological polar surface area (TPSA) is 49.8 Å². The lowest BCUT2D eigenvalue weighted by atomic mass is 10.2. The molecule has 2 N–H and O–H groups in total. The highest BCUT2D eigenvalue weighted by molar-refractivity contribution is 7.16. The summed E-state index contributed by atoms with van der Waals surface area (Å²) in [7, 11) is 0. The molecule has 2 rings (SSSR count). The van der Waals surface area contributed by atoms with E-state index in [0.29, 0.717) is 0 Å². The summed E-state index contributed by atoms with van der Waals surface area (Å²) < 4.78 is 0.839. The molecule has 0 spiro atoms. The van der Waals surface area contributed by atoms with Crippen molar-refractivity contribution in [2.75, 3.05) is 23.7 Å². The first-order valence-electron chi connectivity index (χ1n) is 7.23. The molecule has 2 heterocycles. The highest BCUT2D eigenvalue weighted by Crippen LogP contribution is 2.23. The number of aromatic nitrogens is 2. The van der Waals surface area contributed by atoms with Gasteiger partial charge in [0.1, 0.15) is 17.5 Å². The van der Waals surface area contributed by atoms with Crippen LogP contribution in [0.5, 0.6) is 0 Å². The molecule has 0 aliphatic carbocycles. The fourth-order valence-electron chi connectivity index (χ4n) is 2.02. The lowest BCUT2D eigenvalue weighted by Gasteiger charge is -2.14. The van der Waals surface area contributed by atoms with Gasteiger partial charge in [-0.3, -0.25) is 0 Å². The Morgan fingerprint density at radius 3 is 2.43 bits per heavy atom. The van der Waals surface area contributed by atoms with Crippen LogP contribution < -0.4 is 10.6 Å². The van der Waals surface area contributed by atoms with Crippen LogP contribution in [0.1, 0.15) is 30.1 Å². The molecule has 21 heavy (non-hydrogen) atoms. The summed E-state index contributed by atoms with van der Waals surface area (Å²) in [6, 6.07) is 4.01. The Morgan fingerprint density at radius 1 is 1.14 bits per heavy atom. The number of halogens is 1. The Balaban J connectivity index is 2.05. The first kappa shape index (κ1) is 16.0. The first-order chi connectivity index (χ1) is 10.1. The van der Waals surface area contributed by atoms with Crippen molar-refractivity contribution in [1.82, 2.24) is 9.97 Å². The summed E-state index contributed by atoms with van der Waals surface area (Å²) in [6.45, 7) is 7.87. The predicted molar refractivity (Wildman–Crippen MR) is 91.8 cm³/mol. The number of hydrogen-bond acceptors (Lipinski definition) is 5. The van der Waals surface area contributed by atoms with Crippen molar-refractivity contribution < 1.29 is 0 Å². The molecule has 2 aromatic heterocycles.